The molecule has 62 heavy (non-hydrogen) atoms. The minimum Gasteiger partial charge on any atom is -0.311 e. The molecule has 0 spiro atoms. The summed E-state index contributed by atoms with van der Waals surface area (Å²) < 4.78 is 14.1. The number of hydrogen-bond donors (Lipinski definition) is 0. The summed E-state index contributed by atoms with van der Waals surface area (Å²) in [5, 5.41) is 14.8. The molecule has 0 saturated carbocycles. The first-order valence-corrected chi connectivity index (χ1v) is 21.2. The number of nitrogens with zero attached hydrogens (tertiary/aromatic N) is 1. The van der Waals surface area contributed by atoms with Crippen molar-refractivity contribution in [2.24, 2.45) is 0 Å². The highest BCUT2D eigenvalue weighted by atomic mass is 19.1. The van der Waals surface area contributed by atoms with Crippen molar-refractivity contribution < 1.29 is 4.39 Å². The quantitative estimate of drug-likeness (QED) is 0.120. The van der Waals surface area contributed by atoms with Crippen LogP contribution in [0.15, 0.2) is 231 Å². The van der Waals surface area contributed by atoms with Crippen molar-refractivity contribution in [1.82, 2.24) is 0 Å². The highest BCUT2D eigenvalue weighted by Crippen LogP contribution is 2.49. The average molecular weight is 792 g/mol. The van der Waals surface area contributed by atoms with Gasteiger partial charge in [-0.05, 0) is 165 Å². The van der Waals surface area contributed by atoms with Crippen LogP contribution in [0.3, 0.4) is 0 Å². The molecule has 1 nitrogen and oxygen atoms in total. The van der Waals surface area contributed by atoms with Gasteiger partial charge in [0.05, 0.1) is 0 Å². The third-order valence-corrected chi connectivity index (χ3v) is 12.7. The maximum absolute atomic E-state index is 14.1. The Bertz CT molecular complexity index is 3680. The van der Waals surface area contributed by atoms with E-state index in [9.17, 15) is 4.39 Å². The molecule has 12 rings (SSSR count). The zero-order valence-electron chi connectivity index (χ0n) is 33.8. The second-order valence-electron chi connectivity index (χ2n) is 16.1. The normalized spacial score (nSPS) is 11.6. The van der Waals surface area contributed by atoms with Crippen molar-refractivity contribution in [3.8, 4) is 33.4 Å². The van der Waals surface area contributed by atoms with Gasteiger partial charge in [0.25, 0.3) is 0 Å². The Hall–Kier alpha value is -8.07. The number of anilines is 3. The van der Waals surface area contributed by atoms with Gasteiger partial charge >= 0.3 is 0 Å². The lowest BCUT2D eigenvalue weighted by molar-refractivity contribution is 0.628. The van der Waals surface area contributed by atoms with Gasteiger partial charge in [-0.1, -0.05) is 164 Å². The third kappa shape index (κ3) is 5.84. The molecular formula is C60H38FN. The Morgan fingerprint density at radius 2 is 0.645 bits per heavy atom. The Kier molecular flexibility index (Phi) is 8.43. The SMILES string of the molecule is Fc1ccc(N(c2ccccc2)c2ccc(-c3ccc4c(-c5cc6ccccc6c6ccccc56)c5ccccc5c(-c5cc6ccccc6c6ccccc56)c4c3)cc2)cc1. The van der Waals surface area contributed by atoms with Crippen LogP contribution in [0.2, 0.25) is 0 Å². The largest absolute Gasteiger partial charge is 0.311 e. The van der Waals surface area contributed by atoms with E-state index in [1.54, 1.807) is 0 Å². The maximum atomic E-state index is 14.1. The van der Waals surface area contributed by atoms with Crippen molar-refractivity contribution in [1.29, 1.82) is 0 Å². The van der Waals surface area contributed by atoms with E-state index in [2.05, 4.69) is 193 Å². The van der Waals surface area contributed by atoms with Crippen molar-refractivity contribution in [2.45, 2.75) is 0 Å². The fourth-order valence-corrected chi connectivity index (χ4v) is 9.88. The first-order valence-electron chi connectivity index (χ1n) is 21.2. The molecule has 2 heteroatoms. The molecule has 0 aromatic heterocycles. The minimum absolute atomic E-state index is 0.255. The van der Waals surface area contributed by atoms with Crippen LogP contribution in [-0.4, -0.2) is 0 Å². The number of hydrogen-bond acceptors (Lipinski definition) is 1. The van der Waals surface area contributed by atoms with E-state index >= 15 is 0 Å². The first kappa shape index (κ1) is 35.8. The Balaban J connectivity index is 1.14. The topological polar surface area (TPSA) is 3.24 Å². The van der Waals surface area contributed by atoms with Crippen LogP contribution < -0.4 is 4.90 Å². The van der Waals surface area contributed by atoms with Crippen molar-refractivity contribution in [3.63, 3.8) is 0 Å². The summed E-state index contributed by atoms with van der Waals surface area (Å²) in [5.41, 5.74) is 10.1. The van der Waals surface area contributed by atoms with Crippen LogP contribution in [0.1, 0.15) is 0 Å². The smallest absolute Gasteiger partial charge is 0.123 e. The summed E-state index contributed by atoms with van der Waals surface area (Å²) in [6.45, 7) is 0. The fourth-order valence-electron chi connectivity index (χ4n) is 9.88. The van der Waals surface area contributed by atoms with Crippen molar-refractivity contribution in [3.05, 3.63) is 236 Å². The third-order valence-electron chi connectivity index (χ3n) is 12.7. The molecule has 0 bridgehead atoms. The Morgan fingerprint density at radius 1 is 0.258 bits per heavy atom. The van der Waals surface area contributed by atoms with Gasteiger partial charge in [0, 0.05) is 17.1 Å². The van der Waals surface area contributed by atoms with Gasteiger partial charge in [-0.2, -0.15) is 0 Å². The molecule has 290 valence electrons. The summed E-state index contributed by atoms with van der Waals surface area (Å²) in [4.78, 5) is 2.17. The van der Waals surface area contributed by atoms with Crippen LogP contribution in [0.5, 0.6) is 0 Å². The van der Waals surface area contributed by atoms with Crippen LogP contribution in [0.4, 0.5) is 21.5 Å². The second kappa shape index (κ2) is 14.6. The van der Waals surface area contributed by atoms with Gasteiger partial charge in [0.15, 0.2) is 0 Å². The monoisotopic (exact) mass is 791 g/mol. The van der Waals surface area contributed by atoms with E-state index in [1.807, 2.05) is 30.3 Å². The molecule has 0 heterocycles. The number of fused-ring (bicyclic) bond motifs is 8. The molecule has 0 amide bonds. The fraction of sp³-hybridized carbons (Fsp3) is 0. The summed E-state index contributed by atoms with van der Waals surface area (Å²) in [6.07, 6.45) is 0. The highest BCUT2D eigenvalue weighted by Gasteiger charge is 2.22. The van der Waals surface area contributed by atoms with Gasteiger partial charge in [0.1, 0.15) is 5.82 Å². The van der Waals surface area contributed by atoms with Crippen molar-refractivity contribution in [2.75, 3.05) is 4.90 Å². The first-order chi connectivity index (χ1) is 30.7. The molecular weight excluding hydrogens is 754 g/mol. The predicted octanol–water partition coefficient (Wildman–Crippen LogP) is 17.2. The second-order valence-corrected chi connectivity index (χ2v) is 16.1. The zero-order valence-corrected chi connectivity index (χ0v) is 33.8. The lowest BCUT2D eigenvalue weighted by Crippen LogP contribution is -2.09. The van der Waals surface area contributed by atoms with E-state index in [-0.39, 0.29) is 5.82 Å². The lowest BCUT2D eigenvalue weighted by atomic mass is 9.81. The van der Waals surface area contributed by atoms with E-state index in [0.717, 1.165) is 28.2 Å². The van der Waals surface area contributed by atoms with Crippen LogP contribution in [-0.2, 0) is 0 Å². The Morgan fingerprint density at radius 3 is 1.19 bits per heavy atom. The van der Waals surface area contributed by atoms with Crippen LogP contribution >= 0.6 is 0 Å². The van der Waals surface area contributed by atoms with E-state index in [4.69, 9.17) is 0 Å². The molecule has 12 aromatic carbocycles. The van der Waals surface area contributed by atoms with Gasteiger partial charge in [-0.25, -0.2) is 4.39 Å². The summed E-state index contributed by atoms with van der Waals surface area (Å²) in [7, 11) is 0. The summed E-state index contributed by atoms with van der Waals surface area (Å²) in [6, 6.07) is 81.8. The highest BCUT2D eigenvalue weighted by molar-refractivity contribution is 6.28. The molecule has 0 radical (unpaired) electrons. The zero-order chi connectivity index (χ0) is 41.1. The molecule has 0 N–H and O–H groups in total. The molecule has 0 aliphatic heterocycles. The van der Waals surface area contributed by atoms with Gasteiger partial charge in [-0.15, -0.1) is 0 Å². The summed E-state index contributed by atoms with van der Waals surface area (Å²) >= 11 is 0. The molecule has 0 aliphatic rings. The molecule has 0 atom stereocenters. The molecule has 0 saturated heterocycles. The number of benzene rings is 12. The van der Waals surface area contributed by atoms with Crippen LogP contribution in [0, 0.1) is 5.82 Å². The van der Waals surface area contributed by atoms with Gasteiger partial charge in [0.2, 0.25) is 0 Å². The number of para-hydroxylation sites is 1. The molecule has 0 aliphatic carbocycles. The van der Waals surface area contributed by atoms with Gasteiger partial charge < -0.3 is 4.90 Å². The van der Waals surface area contributed by atoms with Crippen molar-refractivity contribution >= 4 is 81.7 Å². The van der Waals surface area contributed by atoms with Crippen LogP contribution in [0.25, 0.3) is 98.0 Å². The average Bonchev–Trinajstić information content (AvgIpc) is 3.34. The maximum Gasteiger partial charge on any atom is 0.123 e. The Labute approximate surface area is 359 Å². The predicted molar refractivity (Wildman–Crippen MR) is 262 cm³/mol. The summed E-state index contributed by atoms with van der Waals surface area (Å²) in [5.74, 6) is -0.255. The van der Waals surface area contributed by atoms with E-state index in [1.165, 1.54) is 99.0 Å². The van der Waals surface area contributed by atoms with Gasteiger partial charge in [-0.3, -0.25) is 0 Å². The van der Waals surface area contributed by atoms with E-state index < -0.39 is 0 Å². The number of rotatable bonds is 6. The number of halogens is 1. The molecule has 12 aromatic rings. The lowest BCUT2D eigenvalue weighted by Gasteiger charge is -2.25. The molecule has 0 unspecified atom stereocenters. The molecule has 0 fully saturated rings. The minimum atomic E-state index is -0.255. The van der Waals surface area contributed by atoms with E-state index in [0.29, 0.717) is 0 Å². The standard InChI is InChI=1S/C60H38FN/c61-43-29-33-46(34-30-43)62(44-16-2-1-3-17-44)45-31-26-39(27-32-45)40-28-35-55-58(36-40)60(57-38-42-15-5-7-19-48(42)50-21-9-11-23-52(50)57)54-25-13-12-24-53(54)59(55)56-37-41-14-4-6-18-47(41)49-20-8-10-22-51(49)56/h1-38H.